The van der Waals surface area contributed by atoms with Crippen molar-refractivity contribution in [3.05, 3.63) is 17.7 Å². The lowest BCUT2D eigenvalue weighted by Gasteiger charge is -2.24. The second-order valence-electron chi connectivity index (χ2n) is 4.87. The van der Waals surface area contributed by atoms with Gasteiger partial charge in [-0.1, -0.05) is 13.8 Å². The van der Waals surface area contributed by atoms with E-state index in [1.807, 2.05) is 6.20 Å². The molecule has 1 N–H and O–H groups in total. The van der Waals surface area contributed by atoms with Crippen molar-refractivity contribution in [1.29, 1.82) is 0 Å². The first-order valence-corrected chi connectivity index (χ1v) is 5.84. The van der Waals surface area contributed by atoms with Gasteiger partial charge >= 0.3 is 5.97 Å². The monoisotopic (exact) mass is 222 g/mol. The maximum Gasteiger partial charge on any atom is 0.303 e. The lowest BCUT2D eigenvalue weighted by molar-refractivity contribution is -0.138. The third-order valence-corrected chi connectivity index (χ3v) is 3.21. The van der Waals surface area contributed by atoms with Gasteiger partial charge in [0.2, 0.25) is 0 Å². The molecule has 0 fully saturated rings. The maximum absolute atomic E-state index is 10.7. The van der Waals surface area contributed by atoms with Gasteiger partial charge in [-0.25, -0.2) is 4.98 Å². The molecule has 0 radical (unpaired) electrons. The number of fused-ring (bicyclic) bond motifs is 1. The van der Waals surface area contributed by atoms with Gasteiger partial charge in [0.25, 0.3) is 0 Å². The predicted molar refractivity (Wildman–Crippen MR) is 60.4 cm³/mol. The van der Waals surface area contributed by atoms with Crippen LogP contribution >= 0.6 is 0 Å². The highest BCUT2D eigenvalue weighted by atomic mass is 16.4. The molecule has 0 bridgehead atoms. The smallest absolute Gasteiger partial charge is 0.303 e. The zero-order valence-corrected chi connectivity index (χ0v) is 9.81. The number of imidazole rings is 1. The summed E-state index contributed by atoms with van der Waals surface area (Å²) in [6.45, 7) is 5.19. The van der Waals surface area contributed by atoms with Crippen molar-refractivity contribution in [2.75, 3.05) is 0 Å². The zero-order chi connectivity index (χ0) is 11.7. The highest BCUT2D eigenvalue weighted by molar-refractivity contribution is 5.67. The molecular weight excluding hydrogens is 204 g/mol. The van der Waals surface area contributed by atoms with E-state index in [4.69, 9.17) is 5.11 Å². The highest BCUT2D eigenvalue weighted by Crippen LogP contribution is 2.26. The fourth-order valence-corrected chi connectivity index (χ4v) is 2.44. The molecule has 88 valence electrons. The van der Waals surface area contributed by atoms with Crippen LogP contribution < -0.4 is 0 Å². The molecule has 1 aliphatic rings. The first-order valence-electron chi connectivity index (χ1n) is 5.84. The minimum absolute atomic E-state index is 0.279. The first-order chi connectivity index (χ1) is 7.58. The number of hydrogen-bond donors (Lipinski definition) is 1. The molecule has 1 unspecified atom stereocenters. The van der Waals surface area contributed by atoms with E-state index in [0.29, 0.717) is 5.92 Å². The summed E-state index contributed by atoms with van der Waals surface area (Å²) in [6, 6.07) is 0. The van der Waals surface area contributed by atoms with E-state index in [0.717, 1.165) is 25.2 Å². The van der Waals surface area contributed by atoms with E-state index < -0.39 is 5.97 Å². The Balaban J connectivity index is 2.13. The van der Waals surface area contributed by atoms with Crippen LogP contribution in [0.5, 0.6) is 0 Å². The summed E-state index contributed by atoms with van der Waals surface area (Å²) in [5.74, 6) is 1.15. The number of hydrogen-bond acceptors (Lipinski definition) is 2. The summed E-state index contributed by atoms with van der Waals surface area (Å²) in [7, 11) is 0. The van der Waals surface area contributed by atoms with Gasteiger partial charge in [0.05, 0.1) is 0 Å². The normalized spacial score (nSPS) is 19.8. The van der Waals surface area contributed by atoms with Crippen LogP contribution in [0.1, 0.15) is 44.1 Å². The van der Waals surface area contributed by atoms with Gasteiger partial charge in [0, 0.05) is 30.8 Å². The lowest BCUT2D eigenvalue weighted by atomic mass is 9.93. The van der Waals surface area contributed by atoms with Crippen molar-refractivity contribution in [3.63, 3.8) is 0 Å². The summed E-state index contributed by atoms with van der Waals surface area (Å²) in [6.07, 6.45) is 3.99. The molecule has 2 heterocycles. The molecule has 0 spiro atoms. The third-order valence-electron chi connectivity index (χ3n) is 3.21. The fraction of sp³-hybridized carbons (Fsp3) is 0.667. The van der Waals surface area contributed by atoms with E-state index in [-0.39, 0.29) is 12.3 Å². The summed E-state index contributed by atoms with van der Waals surface area (Å²) in [5, 5.41) is 8.78. The van der Waals surface area contributed by atoms with Gasteiger partial charge < -0.3 is 9.67 Å². The molecule has 1 atom stereocenters. The Kier molecular flexibility index (Phi) is 2.99. The first kappa shape index (κ1) is 11.2. The van der Waals surface area contributed by atoms with E-state index in [1.165, 1.54) is 5.69 Å². The van der Waals surface area contributed by atoms with Gasteiger partial charge in [-0.2, -0.15) is 0 Å². The van der Waals surface area contributed by atoms with Crippen molar-refractivity contribution in [1.82, 2.24) is 9.55 Å². The third kappa shape index (κ3) is 2.10. The second-order valence-corrected chi connectivity index (χ2v) is 4.87. The van der Waals surface area contributed by atoms with Gasteiger partial charge in [-0.3, -0.25) is 4.79 Å². The van der Waals surface area contributed by atoms with Crippen LogP contribution in [0.25, 0.3) is 0 Å². The quantitative estimate of drug-likeness (QED) is 0.851. The van der Waals surface area contributed by atoms with Crippen LogP contribution in [0, 0.1) is 5.92 Å². The van der Waals surface area contributed by atoms with Gasteiger partial charge in [0.15, 0.2) is 0 Å². The molecule has 4 nitrogen and oxygen atoms in total. The SMILES string of the molecule is CC(C)c1ncc2n1CCC(CC(=O)O)C2. The number of carboxylic acids is 1. The van der Waals surface area contributed by atoms with Gasteiger partial charge in [-0.15, -0.1) is 0 Å². The second kappa shape index (κ2) is 4.28. The number of rotatable bonds is 3. The summed E-state index contributed by atoms with van der Waals surface area (Å²) < 4.78 is 2.25. The zero-order valence-electron chi connectivity index (χ0n) is 9.81. The highest BCUT2D eigenvalue weighted by Gasteiger charge is 2.23. The molecule has 2 rings (SSSR count). The molecule has 4 heteroatoms. The molecule has 0 amide bonds. The Morgan fingerprint density at radius 2 is 2.44 bits per heavy atom. The topological polar surface area (TPSA) is 55.1 Å². The van der Waals surface area contributed by atoms with Crippen molar-refractivity contribution in [2.24, 2.45) is 5.92 Å². The maximum atomic E-state index is 10.7. The summed E-state index contributed by atoms with van der Waals surface area (Å²) >= 11 is 0. The number of aliphatic carboxylic acids is 1. The molecule has 0 saturated carbocycles. The van der Waals surface area contributed by atoms with Crippen molar-refractivity contribution in [3.8, 4) is 0 Å². The Labute approximate surface area is 95.3 Å². The number of carboxylic acid groups (broad SMARTS) is 1. The molecule has 0 aromatic carbocycles. The van der Waals surface area contributed by atoms with E-state index in [2.05, 4.69) is 23.4 Å². The molecule has 0 aliphatic carbocycles. The summed E-state index contributed by atoms with van der Waals surface area (Å²) in [5.41, 5.74) is 1.20. The summed E-state index contributed by atoms with van der Waals surface area (Å²) in [4.78, 5) is 15.1. The van der Waals surface area contributed by atoms with Crippen LogP contribution in [0.4, 0.5) is 0 Å². The standard InChI is InChI=1S/C12H18N2O2/c1-8(2)12-13-7-10-5-9(6-11(15)16)3-4-14(10)12/h7-9H,3-6H2,1-2H3,(H,15,16). The van der Waals surface area contributed by atoms with Crippen LogP contribution in [0.15, 0.2) is 6.20 Å². The molecule has 16 heavy (non-hydrogen) atoms. The minimum atomic E-state index is -0.693. The molecule has 1 aromatic heterocycles. The van der Waals surface area contributed by atoms with E-state index in [9.17, 15) is 4.79 Å². The van der Waals surface area contributed by atoms with Crippen LogP contribution in [0.2, 0.25) is 0 Å². The Morgan fingerprint density at radius 3 is 3.06 bits per heavy atom. The average molecular weight is 222 g/mol. The molecule has 0 saturated heterocycles. The van der Waals surface area contributed by atoms with Crippen LogP contribution in [0.3, 0.4) is 0 Å². The average Bonchev–Trinajstić information content (AvgIpc) is 2.59. The van der Waals surface area contributed by atoms with E-state index >= 15 is 0 Å². The van der Waals surface area contributed by atoms with E-state index in [1.54, 1.807) is 0 Å². The van der Waals surface area contributed by atoms with Crippen LogP contribution in [-0.2, 0) is 17.8 Å². The lowest BCUT2D eigenvalue weighted by Crippen LogP contribution is -2.22. The number of nitrogens with zero attached hydrogens (tertiary/aromatic N) is 2. The largest absolute Gasteiger partial charge is 0.481 e. The van der Waals surface area contributed by atoms with Gasteiger partial charge in [0.1, 0.15) is 5.82 Å². The van der Waals surface area contributed by atoms with Crippen molar-refractivity contribution >= 4 is 5.97 Å². The fourth-order valence-electron chi connectivity index (χ4n) is 2.44. The molecule has 1 aliphatic heterocycles. The molecule has 1 aromatic rings. The Morgan fingerprint density at radius 1 is 1.69 bits per heavy atom. The minimum Gasteiger partial charge on any atom is -0.481 e. The molecular formula is C12H18N2O2. The van der Waals surface area contributed by atoms with Crippen LogP contribution in [-0.4, -0.2) is 20.6 Å². The number of carbonyl (C=O) groups is 1. The van der Waals surface area contributed by atoms with Crippen molar-refractivity contribution < 1.29 is 9.90 Å². The number of aromatic nitrogens is 2. The van der Waals surface area contributed by atoms with Gasteiger partial charge in [-0.05, 0) is 18.8 Å². The predicted octanol–water partition coefficient (Wildman–Crippen LogP) is 2.04. The Bertz CT molecular complexity index is 396. The Hall–Kier alpha value is -1.32. The van der Waals surface area contributed by atoms with Crippen molar-refractivity contribution in [2.45, 2.75) is 45.6 Å².